The summed E-state index contributed by atoms with van der Waals surface area (Å²) >= 11 is 0. The average Bonchev–Trinajstić information content (AvgIpc) is 2.88. The molecule has 3 rings (SSSR count). The summed E-state index contributed by atoms with van der Waals surface area (Å²) < 4.78 is 11.4. The van der Waals surface area contributed by atoms with E-state index in [4.69, 9.17) is 14.3 Å². The Morgan fingerprint density at radius 3 is 1.97 bits per heavy atom. The summed E-state index contributed by atoms with van der Waals surface area (Å²) in [6, 6.07) is 6.04. The number of aliphatic hydroxyl groups excluding tert-OH is 1. The second kappa shape index (κ2) is 13.9. The number of ether oxygens (including phenoxy) is 1. The van der Waals surface area contributed by atoms with Gasteiger partial charge in [-0.2, -0.15) is 0 Å². The molecule has 37 heavy (non-hydrogen) atoms. The summed E-state index contributed by atoms with van der Waals surface area (Å²) in [6.45, 7) is 2.00. The maximum absolute atomic E-state index is 13.2. The predicted octanol–water partition coefficient (Wildman–Crippen LogP) is 6.72. The zero-order chi connectivity index (χ0) is 26.8. The van der Waals surface area contributed by atoms with Crippen LogP contribution in [0.1, 0.15) is 81.8 Å². The summed E-state index contributed by atoms with van der Waals surface area (Å²) in [6.07, 6.45) is 12.9. The predicted molar refractivity (Wildman–Crippen MR) is 146 cm³/mol. The summed E-state index contributed by atoms with van der Waals surface area (Å²) in [5, 5.41) is 40.1. The van der Waals surface area contributed by atoms with E-state index in [0.717, 1.165) is 32.1 Å². The first-order chi connectivity index (χ1) is 17.9. The molecule has 0 amide bonds. The minimum absolute atomic E-state index is 0.00720. The van der Waals surface area contributed by atoms with Gasteiger partial charge in [-0.15, -0.1) is 0 Å². The largest absolute Gasteiger partial charge is 0.508 e. The Labute approximate surface area is 218 Å². The van der Waals surface area contributed by atoms with Crippen molar-refractivity contribution in [3.63, 3.8) is 0 Å². The van der Waals surface area contributed by atoms with E-state index in [0.29, 0.717) is 29.7 Å². The van der Waals surface area contributed by atoms with Gasteiger partial charge in [0.25, 0.3) is 0 Å². The summed E-state index contributed by atoms with van der Waals surface area (Å²) in [5.41, 5.74) is 1.05. The van der Waals surface area contributed by atoms with E-state index in [1.165, 1.54) is 57.8 Å². The van der Waals surface area contributed by atoms with Crippen LogP contribution in [-0.2, 0) is 6.42 Å². The van der Waals surface area contributed by atoms with Gasteiger partial charge in [-0.3, -0.25) is 4.79 Å². The lowest BCUT2D eigenvalue weighted by Crippen LogP contribution is -2.07. The fraction of sp³-hybridized carbons (Fsp3) is 0.500. The minimum atomic E-state index is -0.628. The van der Waals surface area contributed by atoms with Crippen LogP contribution in [0.5, 0.6) is 23.0 Å². The number of phenols is 2. The normalized spacial score (nSPS) is 11.3. The number of methoxy groups -OCH3 is 1. The Morgan fingerprint density at radius 2 is 1.41 bits per heavy atom. The van der Waals surface area contributed by atoms with Gasteiger partial charge in [0.05, 0.1) is 7.11 Å². The quantitative estimate of drug-likeness (QED) is 0.167. The molecule has 4 N–H and O–H groups in total. The summed E-state index contributed by atoms with van der Waals surface area (Å²) in [7, 11) is 1.44. The number of aromatic hydroxyl groups is 3. The molecule has 0 unspecified atom stereocenters. The van der Waals surface area contributed by atoms with Gasteiger partial charge in [0.1, 0.15) is 28.2 Å². The molecule has 0 bridgehead atoms. The van der Waals surface area contributed by atoms with Crippen molar-refractivity contribution in [2.45, 2.75) is 84.0 Å². The molecule has 0 aliphatic rings. The lowest BCUT2D eigenvalue weighted by Gasteiger charge is -2.15. The lowest BCUT2D eigenvalue weighted by molar-refractivity contribution is 0.282. The molecular formula is C30H40O7. The van der Waals surface area contributed by atoms with E-state index in [1.807, 2.05) is 0 Å². The topological polar surface area (TPSA) is 120 Å². The highest BCUT2D eigenvalue weighted by atomic mass is 16.5. The molecule has 2 aromatic carbocycles. The van der Waals surface area contributed by atoms with Crippen molar-refractivity contribution in [2.75, 3.05) is 13.7 Å². The zero-order valence-electron chi connectivity index (χ0n) is 22.0. The Morgan fingerprint density at radius 1 is 0.811 bits per heavy atom. The minimum Gasteiger partial charge on any atom is -0.508 e. The maximum Gasteiger partial charge on any atom is 0.238 e. The van der Waals surface area contributed by atoms with Crippen molar-refractivity contribution in [3.05, 3.63) is 45.6 Å². The molecule has 7 heteroatoms. The highest BCUT2D eigenvalue weighted by Crippen LogP contribution is 2.40. The first-order valence-electron chi connectivity index (χ1n) is 13.4. The molecule has 7 nitrogen and oxygen atoms in total. The van der Waals surface area contributed by atoms with Crippen molar-refractivity contribution in [1.82, 2.24) is 0 Å². The Kier molecular flexibility index (Phi) is 10.7. The molecule has 1 aromatic heterocycles. The van der Waals surface area contributed by atoms with Gasteiger partial charge < -0.3 is 29.6 Å². The van der Waals surface area contributed by atoms with Crippen molar-refractivity contribution in [2.24, 2.45) is 0 Å². The van der Waals surface area contributed by atoms with Gasteiger partial charge in [0.2, 0.25) is 11.2 Å². The Balaban J connectivity index is 1.65. The van der Waals surface area contributed by atoms with Crippen LogP contribution < -0.4 is 10.2 Å². The van der Waals surface area contributed by atoms with Crippen LogP contribution in [0.2, 0.25) is 0 Å². The molecule has 0 aliphatic heterocycles. The van der Waals surface area contributed by atoms with Crippen molar-refractivity contribution < 1.29 is 29.6 Å². The van der Waals surface area contributed by atoms with Gasteiger partial charge >= 0.3 is 0 Å². The molecular weight excluding hydrogens is 472 g/mol. The monoisotopic (exact) mass is 512 g/mol. The van der Waals surface area contributed by atoms with Crippen molar-refractivity contribution in [1.29, 1.82) is 0 Å². The smallest absolute Gasteiger partial charge is 0.238 e. The SMILES string of the molecule is COc1c(CCCCCCCCCCCCCO)c(O)cc2oc(-c3ccc(O)c(C)c3)c(O)c(=O)c12. The number of hydrogen-bond acceptors (Lipinski definition) is 7. The first kappa shape index (κ1) is 28.4. The number of rotatable bonds is 15. The third-order valence-electron chi connectivity index (χ3n) is 6.94. The van der Waals surface area contributed by atoms with Crippen LogP contribution >= 0.6 is 0 Å². The Hall–Kier alpha value is -3.19. The van der Waals surface area contributed by atoms with E-state index < -0.39 is 11.2 Å². The Bertz CT molecular complexity index is 1230. The standard InChI is InChI=1S/C30H40O7/c1-20-18-21(15-16-23(20)32)29-28(35)27(34)26-25(37-29)19-24(33)22(30(26)36-2)14-12-10-8-6-4-3-5-7-9-11-13-17-31/h15-16,18-19,31-33,35H,3-14,17H2,1-2H3. The van der Waals surface area contributed by atoms with E-state index in [9.17, 15) is 20.1 Å². The van der Waals surface area contributed by atoms with E-state index in [-0.39, 0.29) is 34.0 Å². The molecule has 0 spiro atoms. The highest BCUT2D eigenvalue weighted by Gasteiger charge is 2.23. The number of aliphatic hydroxyl groups is 1. The van der Waals surface area contributed by atoms with Crippen molar-refractivity contribution in [3.8, 4) is 34.3 Å². The zero-order valence-corrected chi connectivity index (χ0v) is 22.0. The molecule has 3 aromatic rings. The number of fused-ring (bicyclic) bond motifs is 1. The lowest BCUT2D eigenvalue weighted by atomic mass is 9.99. The number of aryl methyl sites for hydroxylation is 1. The fourth-order valence-electron chi connectivity index (χ4n) is 4.80. The van der Waals surface area contributed by atoms with Crippen molar-refractivity contribution >= 4 is 11.0 Å². The molecule has 0 saturated heterocycles. The van der Waals surface area contributed by atoms with Crippen LogP contribution in [0.15, 0.2) is 33.5 Å². The molecule has 0 fully saturated rings. The third-order valence-corrected chi connectivity index (χ3v) is 6.94. The van der Waals surface area contributed by atoms with E-state index >= 15 is 0 Å². The maximum atomic E-state index is 13.2. The molecule has 1 heterocycles. The van der Waals surface area contributed by atoms with Crippen LogP contribution in [0.3, 0.4) is 0 Å². The van der Waals surface area contributed by atoms with Gasteiger partial charge in [0.15, 0.2) is 5.76 Å². The van der Waals surface area contributed by atoms with Gasteiger partial charge in [-0.05, 0) is 49.9 Å². The van der Waals surface area contributed by atoms with Crippen LogP contribution in [-0.4, -0.2) is 34.1 Å². The number of benzene rings is 2. The second-order valence-electron chi connectivity index (χ2n) is 9.75. The van der Waals surface area contributed by atoms with Crippen LogP contribution in [0.25, 0.3) is 22.3 Å². The third kappa shape index (κ3) is 7.19. The second-order valence-corrected chi connectivity index (χ2v) is 9.75. The van der Waals surface area contributed by atoms with Gasteiger partial charge in [-0.25, -0.2) is 0 Å². The number of unbranched alkanes of at least 4 members (excludes halogenated alkanes) is 10. The first-order valence-corrected chi connectivity index (χ1v) is 13.4. The molecule has 0 aliphatic carbocycles. The molecule has 0 radical (unpaired) electrons. The molecule has 202 valence electrons. The number of phenolic OH excluding ortho intramolecular Hbond substituents is 2. The molecule has 0 atom stereocenters. The average molecular weight is 513 g/mol. The van der Waals surface area contributed by atoms with E-state index in [2.05, 4.69) is 0 Å². The van der Waals surface area contributed by atoms with Gasteiger partial charge in [-0.1, -0.05) is 57.8 Å². The summed E-state index contributed by atoms with van der Waals surface area (Å²) in [4.78, 5) is 13.2. The highest BCUT2D eigenvalue weighted by molar-refractivity contribution is 5.90. The fourth-order valence-corrected chi connectivity index (χ4v) is 4.80. The molecule has 0 saturated carbocycles. The summed E-state index contributed by atoms with van der Waals surface area (Å²) in [5.74, 6) is -0.248. The van der Waals surface area contributed by atoms with Gasteiger partial charge in [0, 0.05) is 23.8 Å². The number of hydrogen-bond donors (Lipinski definition) is 4. The van der Waals surface area contributed by atoms with Crippen LogP contribution in [0, 0.1) is 6.92 Å². The van der Waals surface area contributed by atoms with Crippen LogP contribution in [0.4, 0.5) is 0 Å². The van der Waals surface area contributed by atoms with E-state index in [1.54, 1.807) is 19.1 Å².